The highest BCUT2D eigenvalue weighted by atomic mass is 19.3. The van der Waals surface area contributed by atoms with Gasteiger partial charge in [0.05, 0.1) is 11.4 Å². The standard InChI is InChI=1S/C17H16F3N3/c1-10-9-17(19,20)6-4-11(10)16-14(21)12(5-8-23-16)15-13(18)3-2-7-22-15/h2-5,7-8,10H,6,9,21H2,1H3/t10-/m1/s1. The number of rotatable bonds is 2. The fourth-order valence-corrected chi connectivity index (χ4v) is 2.93. The van der Waals surface area contributed by atoms with E-state index >= 15 is 0 Å². The number of nitrogens with two attached hydrogens (primary N) is 1. The molecule has 0 radical (unpaired) electrons. The number of halogens is 3. The zero-order chi connectivity index (χ0) is 16.6. The summed E-state index contributed by atoms with van der Waals surface area (Å²) in [6, 6.07) is 4.36. The maximum Gasteiger partial charge on any atom is 0.252 e. The molecule has 0 saturated heterocycles. The third-order valence-corrected chi connectivity index (χ3v) is 4.03. The van der Waals surface area contributed by atoms with Gasteiger partial charge in [0.25, 0.3) is 5.92 Å². The summed E-state index contributed by atoms with van der Waals surface area (Å²) in [7, 11) is 0. The zero-order valence-corrected chi connectivity index (χ0v) is 12.6. The second-order valence-electron chi connectivity index (χ2n) is 5.78. The maximum absolute atomic E-state index is 14.0. The van der Waals surface area contributed by atoms with Gasteiger partial charge in [0.1, 0.15) is 11.5 Å². The Balaban J connectivity index is 2.08. The van der Waals surface area contributed by atoms with Crippen molar-refractivity contribution in [1.82, 2.24) is 9.97 Å². The molecule has 0 bridgehead atoms. The molecule has 23 heavy (non-hydrogen) atoms. The smallest absolute Gasteiger partial charge is 0.252 e. The first-order valence-corrected chi connectivity index (χ1v) is 7.32. The number of nitrogen functional groups attached to an aromatic ring is 1. The van der Waals surface area contributed by atoms with Gasteiger partial charge in [-0.2, -0.15) is 0 Å². The third-order valence-electron chi connectivity index (χ3n) is 4.03. The Morgan fingerprint density at radius 2 is 1.91 bits per heavy atom. The van der Waals surface area contributed by atoms with Gasteiger partial charge in [0.2, 0.25) is 0 Å². The molecule has 0 fully saturated rings. The first-order chi connectivity index (χ1) is 10.9. The van der Waals surface area contributed by atoms with Crippen LogP contribution in [0.15, 0.2) is 36.7 Å². The molecule has 1 aliphatic rings. The minimum atomic E-state index is -2.71. The van der Waals surface area contributed by atoms with Crippen LogP contribution in [0.3, 0.4) is 0 Å². The molecule has 0 saturated carbocycles. The molecule has 2 N–H and O–H groups in total. The van der Waals surface area contributed by atoms with Crippen LogP contribution in [0.2, 0.25) is 0 Å². The molecular formula is C17H16F3N3. The van der Waals surface area contributed by atoms with Crippen molar-refractivity contribution < 1.29 is 13.2 Å². The highest BCUT2D eigenvalue weighted by Gasteiger charge is 2.36. The van der Waals surface area contributed by atoms with E-state index in [9.17, 15) is 13.2 Å². The summed E-state index contributed by atoms with van der Waals surface area (Å²) in [5.74, 6) is -3.58. The summed E-state index contributed by atoms with van der Waals surface area (Å²) >= 11 is 0. The van der Waals surface area contributed by atoms with Gasteiger partial charge in [-0.3, -0.25) is 9.97 Å². The van der Waals surface area contributed by atoms with E-state index in [2.05, 4.69) is 9.97 Å². The average molecular weight is 319 g/mol. The van der Waals surface area contributed by atoms with Crippen LogP contribution in [-0.2, 0) is 0 Å². The lowest BCUT2D eigenvalue weighted by molar-refractivity contribution is -0.0161. The quantitative estimate of drug-likeness (QED) is 0.897. The zero-order valence-electron chi connectivity index (χ0n) is 12.6. The Labute approximate surface area is 132 Å². The van der Waals surface area contributed by atoms with Gasteiger partial charge in [0.15, 0.2) is 0 Å². The van der Waals surface area contributed by atoms with Crippen LogP contribution in [-0.4, -0.2) is 15.9 Å². The molecule has 0 unspecified atom stereocenters. The predicted octanol–water partition coefficient (Wildman–Crippen LogP) is 4.31. The molecule has 0 aromatic carbocycles. The van der Waals surface area contributed by atoms with Crippen molar-refractivity contribution in [3.63, 3.8) is 0 Å². The molecular weight excluding hydrogens is 303 g/mol. The average Bonchev–Trinajstić information content (AvgIpc) is 2.48. The molecule has 0 spiro atoms. The van der Waals surface area contributed by atoms with Gasteiger partial charge in [-0.05, 0) is 29.7 Å². The minimum absolute atomic E-state index is 0.128. The van der Waals surface area contributed by atoms with Crippen LogP contribution in [0.5, 0.6) is 0 Å². The predicted molar refractivity (Wildman–Crippen MR) is 83.2 cm³/mol. The summed E-state index contributed by atoms with van der Waals surface area (Å²) in [6.07, 6.45) is 3.86. The van der Waals surface area contributed by atoms with E-state index in [-0.39, 0.29) is 30.1 Å². The molecule has 120 valence electrons. The van der Waals surface area contributed by atoms with E-state index in [0.717, 1.165) is 0 Å². The van der Waals surface area contributed by atoms with Gasteiger partial charge in [0, 0.05) is 30.8 Å². The Kier molecular flexibility index (Phi) is 3.83. The molecule has 1 atom stereocenters. The lowest BCUT2D eigenvalue weighted by Crippen LogP contribution is -2.24. The lowest BCUT2D eigenvalue weighted by atomic mass is 9.84. The SMILES string of the molecule is C[C@@H]1CC(F)(F)CC=C1c1nccc(-c2ncccc2F)c1N. The molecule has 1 aliphatic carbocycles. The van der Waals surface area contributed by atoms with E-state index in [1.165, 1.54) is 30.6 Å². The Bertz CT molecular complexity index is 771. The van der Waals surface area contributed by atoms with E-state index in [0.29, 0.717) is 16.8 Å². The molecule has 3 nitrogen and oxygen atoms in total. The van der Waals surface area contributed by atoms with E-state index in [1.807, 2.05) is 0 Å². The van der Waals surface area contributed by atoms with E-state index < -0.39 is 11.7 Å². The van der Waals surface area contributed by atoms with Crippen molar-refractivity contribution >= 4 is 11.3 Å². The normalized spacial score (nSPS) is 20.2. The molecule has 6 heteroatoms. The molecule has 3 rings (SSSR count). The van der Waals surface area contributed by atoms with E-state index in [4.69, 9.17) is 5.73 Å². The maximum atomic E-state index is 14.0. The topological polar surface area (TPSA) is 51.8 Å². The molecule has 0 aliphatic heterocycles. The number of pyridine rings is 2. The fraction of sp³-hybridized carbons (Fsp3) is 0.294. The summed E-state index contributed by atoms with van der Waals surface area (Å²) in [5.41, 5.74) is 8.05. The van der Waals surface area contributed by atoms with Gasteiger partial charge < -0.3 is 5.73 Å². The molecule has 0 amide bonds. The molecule has 2 heterocycles. The number of aromatic nitrogens is 2. The Morgan fingerprint density at radius 3 is 2.61 bits per heavy atom. The second-order valence-corrected chi connectivity index (χ2v) is 5.78. The van der Waals surface area contributed by atoms with Crippen LogP contribution >= 0.6 is 0 Å². The van der Waals surface area contributed by atoms with E-state index in [1.54, 1.807) is 13.0 Å². The second kappa shape index (κ2) is 5.68. The monoisotopic (exact) mass is 319 g/mol. The highest BCUT2D eigenvalue weighted by Crippen LogP contribution is 2.42. The largest absolute Gasteiger partial charge is 0.396 e. The number of hydrogen-bond donors (Lipinski definition) is 1. The van der Waals surface area contributed by atoms with Crippen LogP contribution in [0, 0.1) is 11.7 Å². The van der Waals surface area contributed by atoms with Gasteiger partial charge in [-0.1, -0.05) is 13.0 Å². The molecule has 2 aromatic heterocycles. The summed E-state index contributed by atoms with van der Waals surface area (Å²) < 4.78 is 40.9. The number of hydrogen-bond acceptors (Lipinski definition) is 3. The van der Waals surface area contributed by atoms with Crippen molar-refractivity contribution in [2.45, 2.75) is 25.7 Å². The van der Waals surface area contributed by atoms with Crippen molar-refractivity contribution in [3.8, 4) is 11.3 Å². The van der Waals surface area contributed by atoms with Crippen molar-refractivity contribution in [2.75, 3.05) is 5.73 Å². The number of nitrogens with zero attached hydrogens (tertiary/aromatic N) is 2. The van der Waals surface area contributed by atoms with Gasteiger partial charge in [-0.25, -0.2) is 13.2 Å². The van der Waals surface area contributed by atoms with Crippen LogP contribution < -0.4 is 5.73 Å². The first kappa shape index (κ1) is 15.5. The van der Waals surface area contributed by atoms with Crippen molar-refractivity contribution in [3.05, 3.63) is 48.2 Å². The van der Waals surface area contributed by atoms with Gasteiger partial charge in [-0.15, -0.1) is 0 Å². The summed E-state index contributed by atoms with van der Waals surface area (Å²) in [5, 5.41) is 0. The fourth-order valence-electron chi connectivity index (χ4n) is 2.93. The number of anilines is 1. The van der Waals surface area contributed by atoms with Gasteiger partial charge >= 0.3 is 0 Å². The highest BCUT2D eigenvalue weighted by molar-refractivity contribution is 5.84. The van der Waals surface area contributed by atoms with Crippen LogP contribution in [0.1, 0.15) is 25.5 Å². The Morgan fingerprint density at radius 1 is 1.17 bits per heavy atom. The lowest BCUT2D eigenvalue weighted by Gasteiger charge is -2.27. The Hall–Kier alpha value is -2.37. The number of allylic oxidation sites excluding steroid dienone is 2. The van der Waals surface area contributed by atoms with Crippen molar-refractivity contribution in [1.29, 1.82) is 0 Å². The summed E-state index contributed by atoms with van der Waals surface area (Å²) in [4.78, 5) is 8.24. The number of alkyl halides is 2. The minimum Gasteiger partial charge on any atom is -0.396 e. The third kappa shape index (κ3) is 2.93. The van der Waals surface area contributed by atoms with Crippen LogP contribution in [0.25, 0.3) is 16.8 Å². The first-order valence-electron chi connectivity index (χ1n) is 7.32. The summed E-state index contributed by atoms with van der Waals surface area (Å²) in [6.45, 7) is 1.72. The van der Waals surface area contributed by atoms with Crippen LogP contribution in [0.4, 0.5) is 18.9 Å². The molecule has 2 aromatic rings. The van der Waals surface area contributed by atoms with Crippen molar-refractivity contribution in [2.24, 2.45) is 5.92 Å².